The van der Waals surface area contributed by atoms with Gasteiger partial charge in [-0.1, -0.05) is 42.5 Å². The average molecular weight is 383 g/mol. The number of benzene rings is 2. The van der Waals surface area contributed by atoms with E-state index in [4.69, 9.17) is 0 Å². The molecule has 0 aromatic heterocycles. The second-order valence-electron chi connectivity index (χ2n) is 6.72. The van der Waals surface area contributed by atoms with Gasteiger partial charge in [0.2, 0.25) is 18.2 Å². The fourth-order valence-electron chi connectivity index (χ4n) is 3.25. The Kier molecular flexibility index (Phi) is 6.36. The van der Waals surface area contributed by atoms with E-state index in [1.54, 1.807) is 30.3 Å². The van der Waals surface area contributed by atoms with Crippen molar-refractivity contribution in [2.24, 2.45) is 15.0 Å². The molecule has 0 fully saturated rings. The Morgan fingerprint density at radius 3 is 1.86 bits per heavy atom. The molecule has 0 bridgehead atoms. The monoisotopic (exact) mass is 383 g/mol. The molecule has 1 aliphatic carbocycles. The topological polar surface area (TPSA) is 88.3 Å². The Labute approximate surface area is 167 Å². The van der Waals surface area contributed by atoms with Crippen LogP contribution in [-0.4, -0.2) is 23.8 Å². The second kappa shape index (κ2) is 9.32. The lowest BCUT2D eigenvalue weighted by atomic mass is 9.82. The van der Waals surface area contributed by atoms with Crippen molar-refractivity contribution in [1.29, 1.82) is 0 Å². The van der Waals surface area contributed by atoms with Crippen LogP contribution in [0, 0.1) is 0 Å². The molecule has 29 heavy (non-hydrogen) atoms. The Morgan fingerprint density at radius 1 is 0.793 bits per heavy atom. The number of aliphatic imine (C=N–C) groups is 3. The second-order valence-corrected chi connectivity index (χ2v) is 6.72. The van der Waals surface area contributed by atoms with E-state index in [2.05, 4.69) is 21.1 Å². The van der Waals surface area contributed by atoms with Crippen molar-refractivity contribution in [2.45, 2.75) is 24.8 Å². The lowest BCUT2D eigenvalue weighted by Gasteiger charge is -2.27. The van der Waals surface area contributed by atoms with E-state index in [9.17, 15) is 14.4 Å². The van der Waals surface area contributed by atoms with Crippen LogP contribution in [-0.2, 0) is 27.2 Å². The minimum Gasteiger partial charge on any atom is -0.211 e. The van der Waals surface area contributed by atoms with E-state index >= 15 is 0 Å². The molecular formula is C23H17N3O3. The van der Waals surface area contributed by atoms with Gasteiger partial charge in [-0.3, -0.25) is 0 Å². The fraction of sp³-hybridized carbons (Fsp3) is 0.174. The van der Waals surface area contributed by atoms with Gasteiger partial charge in [0.1, 0.15) is 0 Å². The van der Waals surface area contributed by atoms with Crippen LogP contribution in [0.25, 0.3) is 0 Å². The molecule has 0 N–H and O–H groups in total. The van der Waals surface area contributed by atoms with Gasteiger partial charge in [-0.25, -0.2) is 14.4 Å². The zero-order valence-electron chi connectivity index (χ0n) is 15.5. The first-order valence-electron chi connectivity index (χ1n) is 8.97. The summed E-state index contributed by atoms with van der Waals surface area (Å²) in [7, 11) is 0. The molecule has 0 heterocycles. The maximum atomic E-state index is 11.0. The zero-order chi connectivity index (χ0) is 20.5. The van der Waals surface area contributed by atoms with Crippen LogP contribution in [0.1, 0.15) is 17.5 Å². The van der Waals surface area contributed by atoms with Gasteiger partial charge in [0.25, 0.3) is 0 Å². The Hall–Kier alpha value is -3.94. The van der Waals surface area contributed by atoms with E-state index < -0.39 is 5.54 Å². The van der Waals surface area contributed by atoms with Gasteiger partial charge in [0.15, 0.2) is 0 Å². The van der Waals surface area contributed by atoms with E-state index in [1.165, 1.54) is 12.2 Å². The van der Waals surface area contributed by atoms with E-state index in [0.29, 0.717) is 24.2 Å². The largest absolute Gasteiger partial charge is 0.240 e. The van der Waals surface area contributed by atoms with Crippen LogP contribution in [0.4, 0.5) is 11.4 Å². The SMILES string of the molecule is O=C=Nc1ccc(CC2=CCC(Cc3ccc(N=C=O)cc3)(N=C=O)C=C2)cc1. The number of isocyanates is 3. The van der Waals surface area contributed by atoms with Crippen molar-refractivity contribution in [3.63, 3.8) is 0 Å². The number of allylic oxidation sites excluding steroid dienone is 2. The lowest BCUT2D eigenvalue weighted by molar-refractivity contribution is 0.507. The highest BCUT2D eigenvalue weighted by atomic mass is 16.1. The van der Waals surface area contributed by atoms with Crippen LogP contribution in [0.3, 0.4) is 0 Å². The van der Waals surface area contributed by atoms with Crippen LogP contribution in [0.15, 0.2) is 87.3 Å². The maximum absolute atomic E-state index is 11.0. The predicted octanol–water partition coefficient (Wildman–Crippen LogP) is 4.37. The van der Waals surface area contributed by atoms with Crippen molar-refractivity contribution < 1.29 is 14.4 Å². The third-order valence-corrected chi connectivity index (χ3v) is 4.73. The molecule has 3 rings (SSSR count). The summed E-state index contributed by atoms with van der Waals surface area (Å²) in [4.78, 5) is 42.9. The van der Waals surface area contributed by atoms with Gasteiger partial charge in [0.05, 0.1) is 16.9 Å². The number of nitrogens with zero attached hydrogens (tertiary/aromatic N) is 3. The molecule has 2 aromatic rings. The molecule has 0 spiro atoms. The molecule has 1 unspecified atom stereocenters. The molecule has 6 nitrogen and oxygen atoms in total. The molecule has 1 aliphatic rings. The lowest BCUT2D eigenvalue weighted by Crippen LogP contribution is -2.28. The Bertz CT molecular complexity index is 1080. The fourth-order valence-corrected chi connectivity index (χ4v) is 3.25. The van der Waals surface area contributed by atoms with E-state index in [-0.39, 0.29) is 0 Å². The molecule has 0 saturated carbocycles. The van der Waals surface area contributed by atoms with Crippen molar-refractivity contribution in [3.05, 3.63) is 83.5 Å². The van der Waals surface area contributed by atoms with E-state index in [1.807, 2.05) is 36.4 Å². The quantitative estimate of drug-likeness (QED) is 0.525. The first-order valence-corrected chi connectivity index (χ1v) is 8.97. The molecule has 142 valence electrons. The summed E-state index contributed by atoms with van der Waals surface area (Å²) in [5.41, 5.74) is 3.60. The standard InChI is InChI=1S/C23H17N3O3/c27-15-24-21-5-1-18(2-6-21)13-19-9-11-23(12-10-19,26-17-29)14-20-3-7-22(8-4-20)25-16-28/h1-11H,12-14H2. The average Bonchev–Trinajstić information content (AvgIpc) is 2.73. The molecule has 0 saturated heterocycles. The Morgan fingerprint density at radius 2 is 1.38 bits per heavy atom. The molecular weight excluding hydrogens is 366 g/mol. The van der Waals surface area contributed by atoms with Gasteiger partial charge in [-0.15, -0.1) is 0 Å². The van der Waals surface area contributed by atoms with E-state index in [0.717, 1.165) is 23.1 Å². The minimum absolute atomic E-state index is 0.530. The highest BCUT2D eigenvalue weighted by Gasteiger charge is 2.28. The number of hydrogen-bond donors (Lipinski definition) is 0. The van der Waals surface area contributed by atoms with Crippen molar-refractivity contribution in [1.82, 2.24) is 0 Å². The molecule has 1 atom stereocenters. The smallest absolute Gasteiger partial charge is 0.211 e. The van der Waals surface area contributed by atoms with Crippen molar-refractivity contribution in [3.8, 4) is 0 Å². The van der Waals surface area contributed by atoms with Crippen LogP contribution in [0.5, 0.6) is 0 Å². The van der Waals surface area contributed by atoms with Crippen LogP contribution in [0.2, 0.25) is 0 Å². The summed E-state index contributed by atoms with van der Waals surface area (Å²) in [6.07, 6.45) is 12.6. The normalized spacial score (nSPS) is 17.3. The predicted molar refractivity (Wildman–Crippen MR) is 109 cm³/mol. The summed E-state index contributed by atoms with van der Waals surface area (Å²) in [6.45, 7) is 0. The third kappa shape index (κ3) is 5.29. The molecule has 0 radical (unpaired) electrons. The van der Waals surface area contributed by atoms with Gasteiger partial charge in [-0.05, 0) is 53.8 Å². The van der Waals surface area contributed by atoms with Crippen molar-refractivity contribution >= 4 is 29.6 Å². The number of hydrogen-bond acceptors (Lipinski definition) is 6. The summed E-state index contributed by atoms with van der Waals surface area (Å²) < 4.78 is 0. The van der Waals surface area contributed by atoms with Gasteiger partial charge in [0, 0.05) is 6.42 Å². The summed E-state index contributed by atoms with van der Waals surface area (Å²) in [6, 6.07) is 14.5. The maximum Gasteiger partial charge on any atom is 0.240 e. The number of carbonyl (C=O) groups excluding carboxylic acids is 3. The summed E-state index contributed by atoms with van der Waals surface area (Å²) in [5.74, 6) is 0. The van der Waals surface area contributed by atoms with Crippen molar-refractivity contribution in [2.75, 3.05) is 0 Å². The molecule has 0 amide bonds. The summed E-state index contributed by atoms with van der Waals surface area (Å²) >= 11 is 0. The molecule has 6 heteroatoms. The number of rotatable bonds is 7. The molecule has 0 aliphatic heterocycles. The highest BCUT2D eigenvalue weighted by Crippen LogP contribution is 2.30. The zero-order valence-corrected chi connectivity index (χ0v) is 15.5. The van der Waals surface area contributed by atoms with Gasteiger partial charge < -0.3 is 0 Å². The highest BCUT2D eigenvalue weighted by molar-refractivity contribution is 5.51. The third-order valence-electron chi connectivity index (χ3n) is 4.73. The van der Waals surface area contributed by atoms with Gasteiger partial charge in [-0.2, -0.15) is 15.0 Å². The first-order chi connectivity index (χ1) is 14.2. The summed E-state index contributed by atoms with van der Waals surface area (Å²) in [5, 5.41) is 0. The minimum atomic E-state index is -0.677. The molecule has 2 aromatic carbocycles. The Balaban J connectivity index is 1.72. The van der Waals surface area contributed by atoms with Crippen LogP contribution >= 0.6 is 0 Å². The first kappa shape index (κ1) is 19.8. The van der Waals surface area contributed by atoms with Gasteiger partial charge >= 0.3 is 0 Å². The van der Waals surface area contributed by atoms with Crippen LogP contribution < -0.4 is 0 Å².